The van der Waals surface area contributed by atoms with Crippen molar-refractivity contribution >= 4 is 20.8 Å². The Kier molecular flexibility index (Phi) is 10.4. The normalized spacial score (nSPS) is 15.0. The van der Waals surface area contributed by atoms with Crippen molar-refractivity contribution in [1.29, 1.82) is 0 Å². The Bertz CT molecular complexity index is 922. The van der Waals surface area contributed by atoms with E-state index < -0.39 is 5.66 Å². The largest absolute Gasteiger partial charge is 0.322 e. The summed E-state index contributed by atoms with van der Waals surface area (Å²) in [5, 5.41) is 2.87. The first-order valence-electron chi connectivity index (χ1n) is 11.8. The highest BCUT2D eigenvalue weighted by atomic mass is 31.0. The first-order chi connectivity index (χ1) is 15.7. The Morgan fingerprint density at radius 2 is 1.76 bits per heavy atom. The van der Waals surface area contributed by atoms with Gasteiger partial charge in [-0.1, -0.05) is 42.5 Å². The molecule has 1 aliphatic heterocycles. The van der Waals surface area contributed by atoms with Gasteiger partial charge in [0.1, 0.15) is 0 Å². The van der Waals surface area contributed by atoms with E-state index >= 15 is 0 Å². The van der Waals surface area contributed by atoms with Crippen LogP contribution in [-0.4, -0.2) is 48.9 Å². The highest BCUT2D eigenvalue weighted by molar-refractivity contribution is 7.17. The molecule has 0 bridgehead atoms. The number of rotatable bonds is 7. The monoisotopic (exact) mass is 477 g/mol. The third-order valence-electron chi connectivity index (χ3n) is 5.76. The quantitative estimate of drug-likeness (QED) is 0.505. The van der Waals surface area contributed by atoms with Crippen LogP contribution in [0.25, 0.3) is 0 Å². The summed E-state index contributed by atoms with van der Waals surface area (Å²) < 4.78 is 28.2. The molecule has 7 heteroatoms. The van der Waals surface area contributed by atoms with Crippen LogP contribution in [0.1, 0.15) is 59.8 Å². The summed E-state index contributed by atoms with van der Waals surface area (Å²) in [6.45, 7) is 12.3. The van der Waals surface area contributed by atoms with E-state index in [9.17, 15) is 13.6 Å². The van der Waals surface area contributed by atoms with Gasteiger partial charge in [0.25, 0.3) is 11.6 Å². The lowest BCUT2D eigenvalue weighted by Gasteiger charge is -2.32. The van der Waals surface area contributed by atoms with Crippen LogP contribution in [-0.2, 0) is 18.6 Å². The molecule has 33 heavy (non-hydrogen) atoms. The number of carbonyl (C=O) groups excluding carboxylic acids is 1. The van der Waals surface area contributed by atoms with Crippen LogP contribution in [0.4, 0.5) is 14.5 Å². The maximum Gasteiger partial charge on any atom is 0.283 e. The minimum absolute atomic E-state index is 0.163. The second-order valence-corrected chi connectivity index (χ2v) is 9.19. The Morgan fingerprint density at radius 3 is 2.33 bits per heavy atom. The van der Waals surface area contributed by atoms with Crippen molar-refractivity contribution in [2.24, 2.45) is 0 Å². The molecule has 0 aromatic heterocycles. The molecule has 3 rings (SSSR count). The van der Waals surface area contributed by atoms with E-state index in [0.717, 1.165) is 50.1 Å². The topological polar surface area (TPSA) is 35.6 Å². The lowest BCUT2D eigenvalue weighted by molar-refractivity contribution is 0.101. The van der Waals surface area contributed by atoms with E-state index in [0.29, 0.717) is 12.2 Å². The van der Waals surface area contributed by atoms with Gasteiger partial charge in [-0.3, -0.25) is 9.69 Å². The molecular formula is C26H38F2N3OP. The number of aryl methyl sites for hydroxylation is 2. The van der Waals surface area contributed by atoms with E-state index in [2.05, 4.69) is 29.1 Å². The molecule has 1 fully saturated rings. The van der Waals surface area contributed by atoms with Crippen LogP contribution < -0.4 is 5.32 Å². The van der Waals surface area contributed by atoms with Crippen LogP contribution in [0, 0.1) is 6.92 Å². The minimum atomic E-state index is -3.09. The zero-order chi connectivity index (χ0) is 24.6. The number of nitrogens with one attached hydrogen (secondary N) is 1. The molecule has 1 saturated heterocycles. The van der Waals surface area contributed by atoms with Crippen molar-refractivity contribution in [3.05, 3.63) is 64.2 Å². The summed E-state index contributed by atoms with van der Waals surface area (Å²) in [7, 11) is 3.65. The SMILES string of the molecule is CC.CCCc1ccc(NC(=O)c2cc(CN3CCN(C)CC3)cc(C(F)(F)P)c2)cc1C. The number of halogens is 2. The molecule has 4 nitrogen and oxygen atoms in total. The third kappa shape index (κ3) is 8.13. The number of anilines is 1. The van der Waals surface area contributed by atoms with E-state index in [1.165, 1.54) is 17.7 Å². The van der Waals surface area contributed by atoms with Gasteiger partial charge in [-0.15, -0.1) is 0 Å². The van der Waals surface area contributed by atoms with Crippen molar-refractivity contribution in [2.45, 2.75) is 52.7 Å². The van der Waals surface area contributed by atoms with Crippen molar-refractivity contribution in [3.63, 3.8) is 0 Å². The van der Waals surface area contributed by atoms with Gasteiger partial charge < -0.3 is 10.2 Å². The summed E-state index contributed by atoms with van der Waals surface area (Å²) in [4.78, 5) is 17.4. The Labute approximate surface area is 199 Å². The number of amides is 1. The van der Waals surface area contributed by atoms with Gasteiger partial charge in [0.2, 0.25) is 0 Å². The lowest BCUT2D eigenvalue weighted by atomic mass is 10.0. The highest BCUT2D eigenvalue weighted by Gasteiger charge is 2.27. The van der Waals surface area contributed by atoms with E-state index in [4.69, 9.17) is 0 Å². The number of carbonyl (C=O) groups is 1. The predicted octanol–water partition coefficient (Wildman–Crippen LogP) is 5.90. The first-order valence-corrected chi connectivity index (χ1v) is 12.4. The molecule has 1 N–H and O–H groups in total. The highest BCUT2D eigenvalue weighted by Crippen LogP contribution is 2.36. The fraction of sp³-hybridized carbons (Fsp3) is 0.500. The van der Waals surface area contributed by atoms with Crippen LogP contribution in [0.15, 0.2) is 36.4 Å². The molecular weight excluding hydrogens is 439 g/mol. The van der Waals surface area contributed by atoms with Crippen molar-refractivity contribution in [3.8, 4) is 0 Å². The van der Waals surface area contributed by atoms with Crippen LogP contribution in [0.3, 0.4) is 0 Å². The van der Waals surface area contributed by atoms with Crippen LogP contribution >= 0.6 is 9.24 Å². The number of piperazine rings is 1. The Morgan fingerprint density at radius 1 is 1.09 bits per heavy atom. The molecule has 182 valence electrons. The van der Waals surface area contributed by atoms with Crippen molar-refractivity contribution in [2.75, 3.05) is 38.5 Å². The Hall–Kier alpha value is -1.88. The number of nitrogens with zero attached hydrogens (tertiary/aromatic N) is 2. The molecule has 0 saturated carbocycles. The smallest absolute Gasteiger partial charge is 0.283 e. The molecule has 1 amide bonds. The molecule has 2 aromatic carbocycles. The third-order valence-corrected chi connectivity index (χ3v) is 6.10. The van der Waals surface area contributed by atoms with E-state index in [-0.39, 0.29) is 17.0 Å². The average Bonchev–Trinajstić information content (AvgIpc) is 2.78. The van der Waals surface area contributed by atoms with Gasteiger partial charge in [0.05, 0.1) is 0 Å². The standard InChI is InChI=1S/C24H32F2N3OP.C2H6/c1-4-5-19-6-7-22(12-17(19)2)27-23(30)20-13-18(14-21(15-20)24(25,26)31)16-29-10-8-28(3)9-11-29;1-2/h6-7,12-15H,4-5,8-11,16,31H2,1-3H3,(H,27,30);1-2H3. The lowest BCUT2D eigenvalue weighted by Crippen LogP contribution is -2.43. The molecule has 0 aliphatic carbocycles. The number of hydrogen-bond donors (Lipinski definition) is 1. The molecule has 0 radical (unpaired) electrons. The summed E-state index contributed by atoms with van der Waals surface area (Å²) in [6, 6.07) is 10.3. The van der Waals surface area contributed by atoms with Crippen molar-refractivity contribution in [1.82, 2.24) is 9.80 Å². The number of likely N-dealkylation sites (N-methyl/N-ethyl adjacent to an activating group) is 1. The zero-order valence-electron chi connectivity index (χ0n) is 20.5. The minimum Gasteiger partial charge on any atom is -0.322 e. The van der Waals surface area contributed by atoms with Gasteiger partial charge in [0, 0.05) is 49.5 Å². The molecule has 1 unspecified atom stereocenters. The fourth-order valence-electron chi connectivity index (χ4n) is 3.90. The average molecular weight is 478 g/mol. The van der Waals surface area contributed by atoms with Gasteiger partial charge >= 0.3 is 0 Å². The molecule has 1 heterocycles. The second kappa shape index (κ2) is 12.5. The number of alkyl halides is 2. The second-order valence-electron chi connectivity index (χ2n) is 8.47. The van der Waals surface area contributed by atoms with Gasteiger partial charge in [-0.25, -0.2) is 0 Å². The zero-order valence-corrected chi connectivity index (χ0v) is 21.7. The summed E-state index contributed by atoms with van der Waals surface area (Å²) >= 11 is 0. The molecule has 2 aromatic rings. The fourth-order valence-corrected chi connectivity index (χ4v) is 4.06. The van der Waals surface area contributed by atoms with Gasteiger partial charge in [0.15, 0.2) is 0 Å². The summed E-state index contributed by atoms with van der Waals surface area (Å²) in [5.74, 6) is -0.377. The number of hydrogen-bond acceptors (Lipinski definition) is 3. The Balaban J connectivity index is 0.00000187. The maximum absolute atomic E-state index is 14.1. The molecule has 1 aliphatic rings. The van der Waals surface area contributed by atoms with Gasteiger partial charge in [-0.05, 0) is 67.4 Å². The summed E-state index contributed by atoms with van der Waals surface area (Å²) in [6.07, 6.45) is 2.04. The van der Waals surface area contributed by atoms with Gasteiger partial charge in [-0.2, -0.15) is 8.78 Å². The molecule has 1 atom stereocenters. The van der Waals surface area contributed by atoms with Crippen LogP contribution in [0.2, 0.25) is 0 Å². The first kappa shape index (κ1) is 27.4. The van der Waals surface area contributed by atoms with E-state index in [1.807, 2.05) is 39.0 Å². The summed E-state index contributed by atoms with van der Waals surface area (Å²) in [5.41, 5.74) is 0.754. The van der Waals surface area contributed by atoms with E-state index in [1.54, 1.807) is 15.3 Å². The predicted molar refractivity (Wildman–Crippen MR) is 137 cm³/mol. The maximum atomic E-state index is 14.1. The number of benzene rings is 2. The van der Waals surface area contributed by atoms with Crippen LogP contribution in [0.5, 0.6) is 0 Å². The van der Waals surface area contributed by atoms with Crippen molar-refractivity contribution < 1.29 is 13.6 Å². The molecule has 0 spiro atoms.